The maximum absolute atomic E-state index is 13.2. The fourth-order valence-electron chi connectivity index (χ4n) is 4.63. The Bertz CT molecular complexity index is 1370. The molecule has 1 N–H and O–H groups in total. The number of aliphatic hydroxyl groups is 1. The summed E-state index contributed by atoms with van der Waals surface area (Å²) >= 11 is 0. The van der Waals surface area contributed by atoms with Crippen LogP contribution in [0.3, 0.4) is 0 Å². The Morgan fingerprint density at radius 1 is 0.738 bits per heavy atom. The number of rotatable bonds is 12. The van der Waals surface area contributed by atoms with Crippen LogP contribution in [0.25, 0.3) is 0 Å². The first kappa shape index (κ1) is 29.3. The SMILES string of the molecule is COc1ccc(OC2OC(COCc3ccccc3)C(O)C(OCc3ccccc3)C2OC(=O)c2ccccc2)cc1. The summed E-state index contributed by atoms with van der Waals surface area (Å²) in [7, 11) is 1.58. The first-order chi connectivity index (χ1) is 20.6. The summed E-state index contributed by atoms with van der Waals surface area (Å²) < 4.78 is 35.9. The van der Waals surface area contributed by atoms with Gasteiger partial charge in [-0.2, -0.15) is 0 Å². The van der Waals surface area contributed by atoms with Crippen LogP contribution < -0.4 is 9.47 Å². The van der Waals surface area contributed by atoms with E-state index in [2.05, 4.69) is 0 Å². The number of ether oxygens (including phenoxy) is 6. The minimum atomic E-state index is -1.19. The number of hydrogen-bond acceptors (Lipinski definition) is 8. The predicted molar refractivity (Wildman–Crippen MR) is 155 cm³/mol. The summed E-state index contributed by atoms with van der Waals surface area (Å²) in [5.74, 6) is 0.529. The lowest BCUT2D eigenvalue weighted by Gasteiger charge is -2.43. The summed E-state index contributed by atoms with van der Waals surface area (Å²) in [6, 6.07) is 34.8. The standard InChI is InChI=1S/C34H34O8/c1-37-27-17-19-28(20-18-27)40-34-32(42-33(36)26-15-9-4-10-16-26)31(39-22-25-13-7-3-8-14-25)30(35)29(41-34)23-38-21-24-11-5-2-6-12-24/h2-20,29-32,34-35H,21-23H2,1H3. The van der Waals surface area contributed by atoms with E-state index in [4.69, 9.17) is 28.4 Å². The molecule has 8 nitrogen and oxygen atoms in total. The Morgan fingerprint density at radius 2 is 1.31 bits per heavy atom. The van der Waals surface area contributed by atoms with Gasteiger partial charge in [0.05, 0.1) is 32.5 Å². The smallest absolute Gasteiger partial charge is 0.338 e. The Balaban J connectivity index is 1.40. The third kappa shape index (κ3) is 7.74. The van der Waals surface area contributed by atoms with Crippen molar-refractivity contribution in [1.82, 2.24) is 0 Å². The molecule has 0 amide bonds. The fourth-order valence-corrected chi connectivity index (χ4v) is 4.63. The molecule has 1 saturated heterocycles. The molecule has 5 atom stereocenters. The number of aliphatic hydroxyl groups excluding tert-OH is 1. The van der Waals surface area contributed by atoms with E-state index in [0.29, 0.717) is 23.7 Å². The van der Waals surface area contributed by atoms with Gasteiger partial charge in [-0.25, -0.2) is 4.79 Å². The van der Waals surface area contributed by atoms with Gasteiger partial charge in [0.2, 0.25) is 6.29 Å². The zero-order chi connectivity index (χ0) is 29.1. The molecule has 8 heteroatoms. The van der Waals surface area contributed by atoms with Crippen molar-refractivity contribution in [2.45, 2.75) is 43.9 Å². The summed E-state index contributed by atoms with van der Waals surface area (Å²) in [5.41, 5.74) is 2.24. The highest BCUT2D eigenvalue weighted by Gasteiger charge is 2.50. The van der Waals surface area contributed by atoms with E-state index < -0.39 is 36.7 Å². The van der Waals surface area contributed by atoms with Crippen LogP contribution in [0.4, 0.5) is 0 Å². The molecule has 5 unspecified atom stereocenters. The second-order valence-electron chi connectivity index (χ2n) is 9.82. The van der Waals surface area contributed by atoms with Crippen molar-refractivity contribution in [1.29, 1.82) is 0 Å². The average Bonchev–Trinajstić information content (AvgIpc) is 3.04. The van der Waals surface area contributed by atoms with Gasteiger partial charge in [-0.15, -0.1) is 0 Å². The Labute approximate surface area is 245 Å². The molecule has 1 heterocycles. The third-order valence-electron chi connectivity index (χ3n) is 6.86. The van der Waals surface area contributed by atoms with E-state index in [0.717, 1.165) is 11.1 Å². The quantitative estimate of drug-likeness (QED) is 0.233. The molecule has 0 aromatic heterocycles. The van der Waals surface area contributed by atoms with Gasteiger partial charge in [0.25, 0.3) is 0 Å². The summed E-state index contributed by atoms with van der Waals surface area (Å²) in [5, 5.41) is 11.5. The van der Waals surface area contributed by atoms with Gasteiger partial charge in [-0.05, 0) is 47.5 Å². The molecule has 42 heavy (non-hydrogen) atoms. The number of hydrogen-bond donors (Lipinski definition) is 1. The first-order valence-electron chi connectivity index (χ1n) is 13.8. The van der Waals surface area contributed by atoms with Crippen LogP contribution in [0.1, 0.15) is 21.5 Å². The molecule has 4 aromatic rings. The van der Waals surface area contributed by atoms with E-state index in [-0.39, 0.29) is 13.2 Å². The van der Waals surface area contributed by atoms with Gasteiger partial charge in [0.1, 0.15) is 29.8 Å². The fraction of sp³-hybridized carbons (Fsp3) is 0.265. The normalized spacial score (nSPS) is 21.8. The average molecular weight is 571 g/mol. The van der Waals surface area contributed by atoms with Gasteiger partial charge in [-0.1, -0.05) is 78.9 Å². The Hall–Kier alpha value is -4.21. The molecule has 1 aliphatic heterocycles. The van der Waals surface area contributed by atoms with Crippen LogP contribution in [0.5, 0.6) is 11.5 Å². The first-order valence-corrected chi connectivity index (χ1v) is 13.8. The molecule has 0 spiro atoms. The van der Waals surface area contributed by atoms with Crippen molar-refractivity contribution < 1.29 is 38.3 Å². The molecule has 4 aromatic carbocycles. The lowest BCUT2D eigenvalue weighted by Crippen LogP contribution is -2.62. The van der Waals surface area contributed by atoms with Crippen LogP contribution in [0.2, 0.25) is 0 Å². The Kier molecular flexibility index (Phi) is 10.2. The second-order valence-corrected chi connectivity index (χ2v) is 9.82. The largest absolute Gasteiger partial charge is 0.497 e. The van der Waals surface area contributed by atoms with Gasteiger partial charge in [0.15, 0.2) is 6.10 Å². The van der Waals surface area contributed by atoms with Gasteiger partial charge >= 0.3 is 5.97 Å². The van der Waals surface area contributed by atoms with Crippen LogP contribution in [0, 0.1) is 0 Å². The van der Waals surface area contributed by atoms with Crippen molar-refractivity contribution in [3.05, 3.63) is 132 Å². The zero-order valence-electron chi connectivity index (χ0n) is 23.3. The van der Waals surface area contributed by atoms with Gasteiger partial charge in [0, 0.05) is 0 Å². The highest BCUT2D eigenvalue weighted by molar-refractivity contribution is 5.89. The van der Waals surface area contributed by atoms with Gasteiger partial charge < -0.3 is 33.5 Å². The van der Waals surface area contributed by atoms with Crippen molar-refractivity contribution >= 4 is 5.97 Å². The molecular formula is C34H34O8. The van der Waals surface area contributed by atoms with Crippen molar-refractivity contribution in [3.63, 3.8) is 0 Å². The second kappa shape index (κ2) is 14.6. The van der Waals surface area contributed by atoms with Crippen LogP contribution in [0.15, 0.2) is 115 Å². The topological polar surface area (TPSA) is 92.7 Å². The molecule has 0 bridgehead atoms. The minimum absolute atomic E-state index is 0.0586. The molecule has 0 saturated carbocycles. The van der Waals surface area contributed by atoms with E-state index in [1.54, 1.807) is 55.6 Å². The monoisotopic (exact) mass is 570 g/mol. The maximum atomic E-state index is 13.2. The summed E-state index contributed by atoms with van der Waals surface area (Å²) in [6.07, 6.45) is -5.22. The molecule has 0 aliphatic carbocycles. The van der Waals surface area contributed by atoms with Gasteiger partial charge in [-0.3, -0.25) is 0 Å². The maximum Gasteiger partial charge on any atom is 0.338 e. The van der Waals surface area contributed by atoms with Crippen molar-refractivity contribution in [3.8, 4) is 11.5 Å². The summed E-state index contributed by atoms with van der Waals surface area (Å²) in [4.78, 5) is 13.2. The zero-order valence-corrected chi connectivity index (χ0v) is 23.3. The highest BCUT2D eigenvalue weighted by Crippen LogP contribution is 2.31. The minimum Gasteiger partial charge on any atom is -0.497 e. The lowest BCUT2D eigenvalue weighted by molar-refractivity contribution is -0.289. The lowest BCUT2D eigenvalue weighted by atomic mass is 9.98. The summed E-state index contributed by atoms with van der Waals surface area (Å²) in [6.45, 7) is 0.567. The Morgan fingerprint density at radius 3 is 1.93 bits per heavy atom. The van der Waals surface area contributed by atoms with Crippen LogP contribution in [-0.4, -0.2) is 55.5 Å². The third-order valence-corrected chi connectivity index (χ3v) is 6.86. The van der Waals surface area contributed by atoms with E-state index in [1.807, 2.05) is 66.7 Å². The molecule has 5 rings (SSSR count). The van der Waals surface area contributed by atoms with E-state index in [1.165, 1.54) is 0 Å². The highest BCUT2D eigenvalue weighted by atomic mass is 16.7. The predicted octanol–water partition coefficient (Wildman–Crippen LogP) is 5.19. The van der Waals surface area contributed by atoms with E-state index in [9.17, 15) is 9.90 Å². The van der Waals surface area contributed by atoms with E-state index >= 15 is 0 Å². The molecule has 218 valence electrons. The molecule has 0 radical (unpaired) electrons. The number of benzene rings is 4. The molecule has 1 fully saturated rings. The van der Waals surface area contributed by atoms with Crippen LogP contribution in [-0.2, 0) is 32.2 Å². The molecule has 1 aliphatic rings. The van der Waals surface area contributed by atoms with Crippen molar-refractivity contribution in [2.75, 3.05) is 13.7 Å². The number of methoxy groups -OCH3 is 1. The number of esters is 1. The van der Waals surface area contributed by atoms with Crippen molar-refractivity contribution in [2.24, 2.45) is 0 Å². The number of carbonyl (C=O) groups excluding carboxylic acids is 1. The van der Waals surface area contributed by atoms with Crippen LogP contribution >= 0.6 is 0 Å². The number of carbonyl (C=O) groups is 1. The molecular weight excluding hydrogens is 536 g/mol.